The minimum Gasteiger partial charge on any atom is -0.384 e. The molecular weight excluding hydrogens is 150 g/mol. The fraction of sp³-hybridized carbons (Fsp3) is 0.100. The molecule has 0 aromatic heterocycles. The van der Waals surface area contributed by atoms with Crippen molar-refractivity contribution in [3.63, 3.8) is 0 Å². The van der Waals surface area contributed by atoms with Gasteiger partial charge in [0.25, 0.3) is 0 Å². The van der Waals surface area contributed by atoms with Gasteiger partial charge in [0.2, 0.25) is 0 Å². The molecule has 1 aromatic rings. The molecule has 0 radical (unpaired) electrons. The fourth-order valence-electron chi connectivity index (χ4n) is 0.928. The standard InChI is InChI=1S/C10H9NO/c1-2-10(12)9-5-3-4-8(6-9)7-11/h2-6,10,12H,1H2/t10-/m0/s1. The lowest BCUT2D eigenvalue weighted by Crippen LogP contribution is -1.92. The number of rotatable bonds is 2. The predicted octanol–water partition coefficient (Wildman–Crippen LogP) is 1.78. The van der Waals surface area contributed by atoms with E-state index in [1.165, 1.54) is 6.08 Å². The van der Waals surface area contributed by atoms with E-state index in [0.29, 0.717) is 11.1 Å². The van der Waals surface area contributed by atoms with E-state index in [9.17, 15) is 5.11 Å². The lowest BCUT2D eigenvalue weighted by atomic mass is 10.1. The SMILES string of the molecule is C=C[C@H](O)c1cccc(C#N)c1. The van der Waals surface area contributed by atoms with Gasteiger partial charge in [-0.2, -0.15) is 5.26 Å². The summed E-state index contributed by atoms with van der Waals surface area (Å²) in [7, 11) is 0. The quantitative estimate of drug-likeness (QED) is 0.668. The lowest BCUT2D eigenvalue weighted by Gasteiger charge is -2.04. The molecule has 0 aliphatic heterocycles. The van der Waals surface area contributed by atoms with Gasteiger partial charge in [-0.15, -0.1) is 6.58 Å². The topological polar surface area (TPSA) is 44.0 Å². The zero-order valence-electron chi connectivity index (χ0n) is 6.57. The van der Waals surface area contributed by atoms with Crippen LogP contribution in [0, 0.1) is 11.3 Å². The van der Waals surface area contributed by atoms with Crippen LogP contribution in [0.1, 0.15) is 17.2 Å². The first-order valence-corrected chi connectivity index (χ1v) is 3.58. The molecule has 0 saturated heterocycles. The third-order valence-corrected chi connectivity index (χ3v) is 1.58. The second-order valence-corrected chi connectivity index (χ2v) is 2.42. The Balaban J connectivity index is 3.03. The summed E-state index contributed by atoms with van der Waals surface area (Å²) in [5.74, 6) is 0. The molecular formula is C10H9NO. The van der Waals surface area contributed by atoms with Crippen molar-refractivity contribution < 1.29 is 5.11 Å². The largest absolute Gasteiger partial charge is 0.384 e. The average Bonchev–Trinajstić information content (AvgIpc) is 2.17. The van der Waals surface area contributed by atoms with Crippen LogP contribution in [0.25, 0.3) is 0 Å². The molecule has 0 spiro atoms. The zero-order valence-corrected chi connectivity index (χ0v) is 6.57. The molecule has 12 heavy (non-hydrogen) atoms. The van der Waals surface area contributed by atoms with Crippen molar-refractivity contribution in [2.24, 2.45) is 0 Å². The molecule has 2 heteroatoms. The van der Waals surface area contributed by atoms with Crippen molar-refractivity contribution in [3.05, 3.63) is 48.0 Å². The smallest absolute Gasteiger partial charge is 0.0991 e. The van der Waals surface area contributed by atoms with Crippen molar-refractivity contribution in [1.82, 2.24) is 0 Å². The molecule has 0 amide bonds. The highest BCUT2D eigenvalue weighted by Gasteiger charge is 2.01. The van der Waals surface area contributed by atoms with Crippen LogP contribution in [0.3, 0.4) is 0 Å². The van der Waals surface area contributed by atoms with Gasteiger partial charge in [0, 0.05) is 0 Å². The number of hydrogen-bond donors (Lipinski definition) is 1. The lowest BCUT2D eigenvalue weighted by molar-refractivity contribution is 0.229. The first-order valence-electron chi connectivity index (χ1n) is 3.58. The minimum absolute atomic E-state index is 0.549. The van der Waals surface area contributed by atoms with Crippen molar-refractivity contribution in [2.75, 3.05) is 0 Å². The van der Waals surface area contributed by atoms with Gasteiger partial charge in [-0.1, -0.05) is 18.2 Å². The monoisotopic (exact) mass is 159 g/mol. The summed E-state index contributed by atoms with van der Waals surface area (Å²) in [4.78, 5) is 0. The second-order valence-electron chi connectivity index (χ2n) is 2.42. The van der Waals surface area contributed by atoms with E-state index in [4.69, 9.17) is 5.26 Å². The van der Waals surface area contributed by atoms with E-state index in [0.717, 1.165) is 0 Å². The van der Waals surface area contributed by atoms with Crippen LogP contribution in [0.15, 0.2) is 36.9 Å². The van der Waals surface area contributed by atoms with Gasteiger partial charge in [0.1, 0.15) is 0 Å². The Morgan fingerprint density at radius 1 is 1.58 bits per heavy atom. The average molecular weight is 159 g/mol. The maximum absolute atomic E-state index is 9.32. The maximum atomic E-state index is 9.32. The van der Waals surface area contributed by atoms with Gasteiger partial charge in [0.15, 0.2) is 0 Å². The molecule has 1 rings (SSSR count). The highest BCUT2D eigenvalue weighted by atomic mass is 16.3. The number of benzene rings is 1. The molecule has 0 bridgehead atoms. The van der Waals surface area contributed by atoms with Gasteiger partial charge in [-0.25, -0.2) is 0 Å². The molecule has 0 aliphatic rings. The number of hydrogen-bond acceptors (Lipinski definition) is 2. The van der Waals surface area contributed by atoms with Crippen LogP contribution in [0.2, 0.25) is 0 Å². The van der Waals surface area contributed by atoms with Gasteiger partial charge in [0.05, 0.1) is 17.7 Å². The first-order chi connectivity index (χ1) is 5.77. The van der Waals surface area contributed by atoms with Crippen LogP contribution >= 0.6 is 0 Å². The zero-order chi connectivity index (χ0) is 8.97. The Bertz CT molecular complexity index is 325. The fourth-order valence-corrected chi connectivity index (χ4v) is 0.928. The molecule has 0 aliphatic carbocycles. The van der Waals surface area contributed by atoms with Crippen LogP contribution in [-0.4, -0.2) is 5.11 Å². The van der Waals surface area contributed by atoms with Crippen LogP contribution in [0.4, 0.5) is 0 Å². The van der Waals surface area contributed by atoms with E-state index in [2.05, 4.69) is 6.58 Å². The third kappa shape index (κ3) is 1.71. The van der Waals surface area contributed by atoms with E-state index in [-0.39, 0.29) is 0 Å². The summed E-state index contributed by atoms with van der Waals surface area (Å²) in [5, 5.41) is 17.9. The highest BCUT2D eigenvalue weighted by molar-refractivity contribution is 5.34. The number of nitrogens with zero attached hydrogens (tertiary/aromatic N) is 1. The summed E-state index contributed by atoms with van der Waals surface area (Å²) >= 11 is 0. The van der Waals surface area contributed by atoms with Crippen molar-refractivity contribution in [1.29, 1.82) is 5.26 Å². The number of aliphatic hydroxyl groups excluding tert-OH is 1. The van der Waals surface area contributed by atoms with Gasteiger partial charge < -0.3 is 5.11 Å². The summed E-state index contributed by atoms with van der Waals surface area (Å²) in [6.07, 6.45) is 0.745. The van der Waals surface area contributed by atoms with Gasteiger partial charge in [-0.05, 0) is 17.7 Å². The summed E-state index contributed by atoms with van der Waals surface area (Å²) in [6, 6.07) is 8.83. The second kappa shape index (κ2) is 3.70. The van der Waals surface area contributed by atoms with Crippen LogP contribution < -0.4 is 0 Å². The van der Waals surface area contributed by atoms with Crippen LogP contribution in [0.5, 0.6) is 0 Å². The summed E-state index contributed by atoms with van der Waals surface area (Å²) < 4.78 is 0. The van der Waals surface area contributed by atoms with Crippen molar-refractivity contribution in [2.45, 2.75) is 6.10 Å². The summed E-state index contributed by atoms with van der Waals surface area (Å²) in [5.41, 5.74) is 1.25. The number of nitriles is 1. The van der Waals surface area contributed by atoms with E-state index < -0.39 is 6.10 Å². The third-order valence-electron chi connectivity index (χ3n) is 1.58. The molecule has 2 nitrogen and oxygen atoms in total. The number of aliphatic hydroxyl groups is 1. The van der Waals surface area contributed by atoms with Crippen molar-refractivity contribution >= 4 is 0 Å². The Morgan fingerprint density at radius 3 is 2.92 bits per heavy atom. The molecule has 0 heterocycles. The predicted molar refractivity (Wildman–Crippen MR) is 46.3 cm³/mol. The minimum atomic E-state index is -0.682. The maximum Gasteiger partial charge on any atom is 0.0991 e. The summed E-state index contributed by atoms with van der Waals surface area (Å²) in [6.45, 7) is 3.46. The Kier molecular flexibility index (Phi) is 2.62. The molecule has 1 aromatic carbocycles. The molecule has 1 atom stereocenters. The molecule has 0 unspecified atom stereocenters. The Morgan fingerprint density at radius 2 is 2.33 bits per heavy atom. The van der Waals surface area contributed by atoms with E-state index in [1.807, 2.05) is 6.07 Å². The van der Waals surface area contributed by atoms with E-state index in [1.54, 1.807) is 24.3 Å². The van der Waals surface area contributed by atoms with Gasteiger partial charge in [-0.3, -0.25) is 0 Å². The first kappa shape index (κ1) is 8.51. The molecule has 60 valence electrons. The van der Waals surface area contributed by atoms with Gasteiger partial charge >= 0.3 is 0 Å². The highest BCUT2D eigenvalue weighted by Crippen LogP contribution is 2.14. The Hall–Kier alpha value is -1.59. The normalized spacial score (nSPS) is 11.7. The molecule has 1 N–H and O–H groups in total. The Labute approximate surface area is 71.4 Å². The molecule has 0 saturated carbocycles. The van der Waals surface area contributed by atoms with Crippen molar-refractivity contribution in [3.8, 4) is 6.07 Å². The molecule has 0 fully saturated rings. The van der Waals surface area contributed by atoms with E-state index >= 15 is 0 Å². The van der Waals surface area contributed by atoms with Crippen LogP contribution in [-0.2, 0) is 0 Å².